The van der Waals surface area contributed by atoms with E-state index >= 15 is 0 Å². The van der Waals surface area contributed by atoms with Crippen molar-refractivity contribution in [1.29, 1.82) is 0 Å². The topological polar surface area (TPSA) is 49.8 Å². The highest BCUT2D eigenvalue weighted by Gasteiger charge is 2.31. The Hall–Kier alpha value is -1.84. The third-order valence-electron chi connectivity index (χ3n) is 4.07. The number of para-hydroxylation sites is 1. The summed E-state index contributed by atoms with van der Waals surface area (Å²) < 4.78 is 0. The molecule has 1 fully saturated rings. The van der Waals surface area contributed by atoms with Gasteiger partial charge in [-0.3, -0.25) is 0 Å². The minimum absolute atomic E-state index is 0.436. The van der Waals surface area contributed by atoms with Crippen molar-refractivity contribution in [3.8, 4) is 0 Å². The van der Waals surface area contributed by atoms with Gasteiger partial charge in [0.1, 0.15) is 5.82 Å². The molecule has 2 aromatic rings. The molecule has 1 aromatic heterocycles. The average molecular weight is 256 g/mol. The lowest BCUT2D eigenvalue weighted by molar-refractivity contribution is 0.180. The Morgan fingerprint density at radius 3 is 2.68 bits per heavy atom. The molecule has 0 bridgehead atoms. The van der Waals surface area contributed by atoms with Crippen LogP contribution in [-0.4, -0.2) is 23.6 Å². The standard InChI is InChI=1S/C15H20N4/c1-15(8-5-9-15)10-17-13-11-6-3-4-7-12(11)18-14(16-2)19-13/h3-4,6-7H,5,8-10H2,1-2H3,(H2,16,17,18,19). The fourth-order valence-electron chi connectivity index (χ4n) is 2.58. The molecule has 19 heavy (non-hydrogen) atoms. The van der Waals surface area contributed by atoms with Gasteiger partial charge in [0.15, 0.2) is 0 Å². The molecule has 0 amide bonds. The van der Waals surface area contributed by atoms with Gasteiger partial charge in [-0.1, -0.05) is 25.5 Å². The van der Waals surface area contributed by atoms with Crippen molar-refractivity contribution in [2.75, 3.05) is 24.2 Å². The molecule has 0 saturated heterocycles. The van der Waals surface area contributed by atoms with E-state index in [1.165, 1.54) is 19.3 Å². The smallest absolute Gasteiger partial charge is 0.224 e. The van der Waals surface area contributed by atoms with E-state index in [0.29, 0.717) is 11.4 Å². The first-order chi connectivity index (χ1) is 9.20. The summed E-state index contributed by atoms with van der Waals surface area (Å²) in [4.78, 5) is 9.02. The van der Waals surface area contributed by atoms with Gasteiger partial charge in [-0.15, -0.1) is 0 Å². The second kappa shape index (κ2) is 4.68. The molecule has 0 spiro atoms. The minimum Gasteiger partial charge on any atom is -0.369 e. The average Bonchev–Trinajstić information content (AvgIpc) is 2.42. The van der Waals surface area contributed by atoms with Gasteiger partial charge in [0, 0.05) is 19.0 Å². The largest absolute Gasteiger partial charge is 0.369 e. The minimum atomic E-state index is 0.436. The third kappa shape index (κ3) is 2.35. The lowest BCUT2D eigenvalue weighted by Gasteiger charge is -2.38. The Kier molecular flexibility index (Phi) is 3.01. The molecule has 0 unspecified atom stereocenters. The van der Waals surface area contributed by atoms with Crippen molar-refractivity contribution < 1.29 is 0 Å². The molecule has 1 heterocycles. The lowest BCUT2D eigenvalue weighted by atomic mass is 9.70. The van der Waals surface area contributed by atoms with Crippen LogP contribution in [0, 0.1) is 5.41 Å². The van der Waals surface area contributed by atoms with Crippen LogP contribution < -0.4 is 10.6 Å². The summed E-state index contributed by atoms with van der Waals surface area (Å²) >= 11 is 0. The predicted octanol–water partition coefficient (Wildman–Crippen LogP) is 3.27. The van der Waals surface area contributed by atoms with Crippen LogP contribution >= 0.6 is 0 Å². The van der Waals surface area contributed by atoms with Crippen LogP contribution in [0.3, 0.4) is 0 Å². The van der Waals surface area contributed by atoms with E-state index in [-0.39, 0.29) is 0 Å². The van der Waals surface area contributed by atoms with Crippen molar-refractivity contribution in [3.63, 3.8) is 0 Å². The van der Waals surface area contributed by atoms with Crippen LogP contribution in [0.1, 0.15) is 26.2 Å². The van der Waals surface area contributed by atoms with Crippen molar-refractivity contribution in [2.24, 2.45) is 5.41 Å². The van der Waals surface area contributed by atoms with E-state index in [1.807, 2.05) is 25.2 Å². The summed E-state index contributed by atoms with van der Waals surface area (Å²) in [6, 6.07) is 8.13. The third-order valence-corrected chi connectivity index (χ3v) is 4.07. The highest BCUT2D eigenvalue weighted by molar-refractivity contribution is 5.90. The molecule has 1 saturated carbocycles. The first kappa shape index (κ1) is 12.2. The van der Waals surface area contributed by atoms with Crippen LogP contribution in [0.25, 0.3) is 10.9 Å². The summed E-state index contributed by atoms with van der Waals surface area (Å²) in [6.07, 6.45) is 3.97. The van der Waals surface area contributed by atoms with Crippen LogP contribution in [0.5, 0.6) is 0 Å². The molecule has 0 aliphatic heterocycles. The van der Waals surface area contributed by atoms with Crippen LogP contribution in [0.4, 0.5) is 11.8 Å². The van der Waals surface area contributed by atoms with Gasteiger partial charge in [-0.05, 0) is 30.4 Å². The van der Waals surface area contributed by atoms with E-state index in [4.69, 9.17) is 0 Å². The van der Waals surface area contributed by atoms with Crippen molar-refractivity contribution in [1.82, 2.24) is 9.97 Å². The second-order valence-electron chi connectivity index (χ2n) is 5.68. The van der Waals surface area contributed by atoms with Gasteiger partial charge in [0.2, 0.25) is 5.95 Å². The van der Waals surface area contributed by atoms with Gasteiger partial charge in [0.25, 0.3) is 0 Å². The summed E-state index contributed by atoms with van der Waals surface area (Å²) in [5, 5.41) is 7.62. The Morgan fingerprint density at radius 2 is 2.00 bits per heavy atom. The van der Waals surface area contributed by atoms with E-state index < -0.39 is 0 Å². The number of hydrogen-bond donors (Lipinski definition) is 2. The molecule has 2 N–H and O–H groups in total. The maximum absolute atomic E-state index is 4.55. The predicted molar refractivity (Wildman–Crippen MR) is 79.5 cm³/mol. The molecular weight excluding hydrogens is 236 g/mol. The van der Waals surface area contributed by atoms with Crippen LogP contribution in [-0.2, 0) is 0 Å². The highest BCUT2D eigenvalue weighted by atomic mass is 15.1. The number of nitrogens with zero attached hydrogens (tertiary/aromatic N) is 2. The first-order valence-electron chi connectivity index (χ1n) is 6.89. The van der Waals surface area contributed by atoms with Gasteiger partial charge in [0.05, 0.1) is 5.52 Å². The molecule has 0 atom stereocenters. The summed E-state index contributed by atoms with van der Waals surface area (Å²) in [5.41, 5.74) is 1.41. The van der Waals surface area contributed by atoms with E-state index in [9.17, 15) is 0 Å². The zero-order valence-electron chi connectivity index (χ0n) is 11.5. The quantitative estimate of drug-likeness (QED) is 0.881. The summed E-state index contributed by atoms with van der Waals surface area (Å²) in [7, 11) is 1.85. The number of fused-ring (bicyclic) bond motifs is 1. The van der Waals surface area contributed by atoms with E-state index in [1.54, 1.807) is 0 Å². The molecule has 4 heteroatoms. The fraction of sp³-hybridized carbons (Fsp3) is 0.467. The fourth-order valence-corrected chi connectivity index (χ4v) is 2.58. The number of rotatable bonds is 4. The first-order valence-corrected chi connectivity index (χ1v) is 6.89. The molecule has 100 valence electrons. The van der Waals surface area contributed by atoms with Crippen molar-refractivity contribution >= 4 is 22.7 Å². The maximum atomic E-state index is 4.55. The molecule has 1 aliphatic carbocycles. The molecule has 0 radical (unpaired) electrons. The van der Waals surface area contributed by atoms with Gasteiger partial charge in [-0.25, -0.2) is 4.98 Å². The van der Waals surface area contributed by atoms with Gasteiger partial charge < -0.3 is 10.6 Å². The number of anilines is 2. The lowest BCUT2D eigenvalue weighted by Crippen LogP contribution is -2.33. The maximum Gasteiger partial charge on any atom is 0.224 e. The van der Waals surface area contributed by atoms with E-state index in [0.717, 1.165) is 23.3 Å². The summed E-state index contributed by atoms with van der Waals surface area (Å²) in [6.45, 7) is 3.32. The number of benzene rings is 1. The SMILES string of the molecule is CNc1nc(NCC2(C)CCC2)c2ccccc2n1. The van der Waals surface area contributed by atoms with Crippen LogP contribution in [0.2, 0.25) is 0 Å². The Balaban J connectivity index is 1.92. The molecule has 3 rings (SSSR count). The Labute approximate surface area is 113 Å². The zero-order valence-corrected chi connectivity index (χ0v) is 11.5. The number of nitrogens with one attached hydrogen (secondary N) is 2. The molecule has 1 aliphatic rings. The number of aromatic nitrogens is 2. The molecular formula is C15H20N4. The van der Waals surface area contributed by atoms with Gasteiger partial charge >= 0.3 is 0 Å². The number of hydrogen-bond acceptors (Lipinski definition) is 4. The normalized spacial score (nSPS) is 16.9. The highest BCUT2D eigenvalue weighted by Crippen LogP contribution is 2.40. The van der Waals surface area contributed by atoms with E-state index in [2.05, 4.69) is 33.6 Å². The van der Waals surface area contributed by atoms with Gasteiger partial charge in [-0.2, -0.15) is 4.98 Å². The molecule has 4 nitrogen and oxygen atoms in total. The zero-order chi connectivity index (χ0) is 13.3. The Morgan fingerprint density at radius 1 is 1.21 bits per heavy atom. The monoisotopic (exact) mass is 256 g/mol. The Bertz CT molecular complexity index is 590. The molecule has 1 aromatic carbocycles. The second-order valence-corrected chi connectivity index (χ2v) is 5.68. The van der Waals surface area contributed by atoms with Crippen LogP contribution in [0.15, 0.2) is 24.3 Å². The summed E-state index contributed by atoms with van der Waals surface area (Å²) in [5.74, 6) is 1.60. The van der Waals surface area contributed by atoms with Crippen molar-refractivity contribution in [2.45, 2.75) is 26.2 Å². The van der Waals surface area contributed by atoms with Crippen molar-refractivity contribution in [3.05, 3.63) is 24.3 Å².